The fraction of sp³-hybridized carbons (Fsp3) is 0.364. The highest BCUT2D eigenvalue weighted by Gasteiger charge is 2.06. The summed E-state index contributed by atoms with van der Waals surface area (Å²) in [7, 11) is 0. The molecule has 0 saturated heterocycles. The summed E-state index contributed by atoms with van der Waals surface area (Å²) in [5.41, 5.74) is 2.72. The predicted octanol–water partition coefficient (Wildman–Crippen LogP) is 2.33. The topological polar surface area (TPSA) is 57.5 Å². The smallest absolute Gasteiger partial charge is 0.313 e. The van der Waals surface area contributed by atoms with Gasteiger partial charge < -0.3 is 10.2 Å². The van der Waals surface area contributed by atoms with E-state index in [2.05, 4.69) is 0 Å². The number of hydrogen-bond acceptors (Lipinski definition) is 3. The zero-order chi connectivity index (χ0) is 11.4. The summed E-state index contributed by atoms with van der Waals surface area (Å²) in [4.78, 5) is 10.3. The minimum atomic E-state index is -0.830. The van der Waals surface area contributed by atoms with Gasteiger partial charge in [0.1, 0.15) is 5.75 Å². The molecule has 15 heavy (non-hydrogen) atoms. The molecule has 4 heteroatoms. The molecule has 0 amide bonds. The number of rotatable bonds is 4. The van der Waals surface area contributed by atoms with E-state index in [1.807, 2.05) is 26.0 Å². The van der Waals surface area contributed by atoms with Gasteiger partial charge in [-0.25, -0.2) is 0 Å². The lowest BCUT2D eigenvalue weighted by Gasteiger charge is -2.07. The number of aryl methyl sites for hydroxylation is 2. The second kappa shape index (κ2) is 5.07. The molecule has 0 spiro atoms. The van der Waals surface area contributed by atoms with Gasteiger partial charge >= 0.3 is 5.97 Å². The van der Waals surface area contributed by atoms with Crippen LogP contribution in [0.4, 0.5) is 0 Å². The molecule has 0 aliphatic heterocycles. The van der Waals surface area contributed by atoms with Crippen LogP contribution in [0.15, 0.2) is 12.1 Å². The highest BCUT2D eigenvalue weighted by Crippen LogP contribution is 2.27. The van der Waals surface area contributed by atoms with Gasteiger partial charge in [-0.1, -0.05) is 17.7 Å². The fourth-order valence-corrected chi connectivity index (χ4v) is 2.12. The maximum absolute atomic E-state index is 10.3. The standard InChI is InChI=1S/C11H14O3S/c1-7-3-8(2)11(14)9(4-7)5-15-6-10(12)13/h3-4,14H,5-6H2,1-2H3,(H,12,13). The number of carbonyl (C=O) groups is 1. The van der Waals surface area contributed by atoms with Crippen LogP contribution in [-0.2, 0) is 10.5 Å². The molecule has 3 nitrogen and oxygen atoms in total. The third-order valence-electron chi connectivity index (χ3n) is 2.01. The number of carboxylic acids is 1. The van der Waals surface area contributed by atoms with Gasteiger partial charge in [0.2, 0.25) is 0 Å². The zero-order valence-corrected chi connectivity index (χ0v) is 9.60. The number of aliphatic carboxylic acids is 1. The van der Waals surface area contributed by atoms with Crippen LogP contribution in [0.5, 0.6) is 5.75 Å². The molecule has 82 valence electrons. The van der Waals surface area contributed by atoms with E-state index in [1.54, 1.807) is 0 Å². The maximum Gasteiger partial charge on any atom is 0.313 e. The van der Waals surface area contributed by atoms with Crippen molar-refractivity contribution in [2.24, 2.45) is 0 Å². The Kier molecular flexibility index (Phi) is 4.03. The van der Waals surface area contributed by atoms with Crippen molar-refractivity contribution in [3.63, 3.8) is 0 Å². The second-order valence-electron chi connectivity index (χ2n) is 3.48. The summed E-state index contributed by atoms with van der Waals surface area (Å²) in [6, 6.07) is 3.79. The minimum Gasteiger partial charge on any atom is -0.507 e. The van der Waals surface area contributed by atoms with Crippen molar-refractivity contribution < 1.29 is 15.0 Å². The van der Waals surface area contributed by atoms with Crippen LogP contribution in [0.3, 0.4) is 0 Å². The van der Waals surface area contributed by atoms with Crippen LogP contribution in [0, 0.1) is 13.8 Å². The number of benzene rings is 1. The first-order chi connectivity index (χ1) is 7.00. The van der Waals surface area contributed by atoms with Gasteiger partial charge in [0, 0.05) is 11.3 Å². The van der Waals surface area contributed by atoms with Crippen LogP contribution in [-0.4, -0.2) is 21.9 Å². The van der Waals surface area contributed by atoms with E-state index in [-0.39, 0.29) is 11.5 Å². The number of phenolic OH excluding ortho intramolecular Hbond substituents is 1. The normalized spacial score (nSPS) is 10.3. The van der Waals surface area contributed by atoms with Crippen LogP contribution in [0.1, 0.15) is 16.7 Å². The largest absolute Gasteiger partial charge is 0.507 e. The Balaban J connectivity index is 2.72. The average molecular weight is 226 g/mol. The molecule has 0 aliphatic carbocycles. The lowest BCUT2D eigenvalue weighted by molar-refractivity contribution is -0.133. The molecular formula is C11H14O3S. The Labute approximate surface area is 93.1 Å². The third-order valence-corrected chi connectivity index (χ3v) is 2.97. The van der Waals surface area contributed by atoms with Crippen molar-refractivity contribution in [1.82, 2.24) is 0 Å². The van der Waals surface area contributed by atoms with Gasteiger partial charge in [0.15, 0.2) is 0 Å². The molecule has 0 saturated carbocycles. The molecule has 0 aliphatic rings. The van der Waals surface area contributed by atoms with Gasteiger partial charge in [0.05, 0.1) is 5.75 Å². The van der Waals surface area contributed by atoms with Gasteiger partial charge in [-0.3, -0.25) is 4.79 Å². The number of aromatic hydroxyl groups is 1. The molecule has 0 radical (unpaired) electrons. The first-order valence-corrected chi connectivity index (χ1v) is 5.75. The Morgan fingerprint density at radius 3 is 2.67 bits per heavy atom. The molecule has 2 N–H and O–H groups in total. The van der Waals surface area contributed by atoms with Crippen LogP contribution < -0.4 is 0 Å². The lowest BCUT2D eigenvalue weighted by atomic mass is 10.1. The van der Waals surface area contributed by atoms with Crippen molar-refractivity contribution in [2.45, 2.75) is 19.6 Å². The third kappa shape index (κ3) is 3.47. The van der Waals surface area contributed by atoms with E-state index >= 15 is 0 Å². The Bertz CT molecular complexity index is 374. The summed E-state index contributed by atoms with van der Waals surface area (Å²) in [5.74, 6) is 0.0370. The van der Waals surface area contributed by atoms with Gasteiger partial charge in [0.25, 0.3) is 0 Å². The summed E-state index contributed by atoms with van der Waals surface area (Å²) in [6.07, 6.45) is 0. The second-order valence-corrected chi connectivity index (χ2v) is 4.46. The van der Waals surface area contributed by atoms with Crippen molar-refractivity contribution in [3.05, 3.63) is 28.8 Å². The van der Waals surface area contributed by atoms with Gasteiger partial charge in [-0.2, -0.15) is 0 Å². The Morgan fingerprint density at radius 1 is 1.40 bits per heavy atom. The van der Waals surface area contributed by atoms with E-state index in [0.717, 1.165) is 16.7 Å². The van der Waals surface area contributed by atoms with E-state index in [0.29, 0.717) is 5.75 Å². The molecular weight excluding hydrogens is 212 g/mol. The Morgan fingerprint density at radius 2 is 2.07 bits per heavy atom. The monoisotopic (exact) mass is 226 g/mol. The number of thioether (sulfide) groups is 1. The van der Waals surface area contributed by atoms with Crippen molar-refractivity contribution >= 4 is 17.7 Å². The molecule has 0 fully saturated rings. The van der Waals surface area contributed by atoms with Crippen LogP contribution in [0.25, 0.3) is 0 Å². The zero-order valence-electron chi connectivity index (χ0n) is 8.78. The molecule has 0 atom stereocenters. The maximum atomic E-state index is 10.3. The average Bonchev–Trinajstić information content (AvgIpc) is 2.12. The van der Waals surface area contributed by atoms with Crippen molar-refractivity contribution in [3.8, 4) is 5.75 Å². The summed E-state index contributed by atoms with van der Waals surface area (Å²) in [5, 5.41) is 18.2. The highest BCUT2D eigenvalue weighted by molar-refractivity contribution is 7.99. The summed E-state index contributed by atoms with van der Waals surface area (Å²) < 4.78 is 0. The molecule has 1 aromatic rings. The minimum absolute atomic E-state index is 0.0619. The first kappa shape index (κ1) is 11.9. The molecule has 0 unspecified atom stereocenters. The molecule has 1 aromatic carbocycles. The van der Waals surface area contributed by atoms with E-state index in [9.17, 15) is 9.90 Å². The molecule has 0 heterocycles. The predicted molar refractivity (Wildman–Crippen MR) is 61.4 cm³/mol. The molecule has 0 bridgehead atoms. The quantitative estimate of drug-likeness (QED) is 0.827. The fourth-order valence-electron chi connectivity index (χ4n) is 1.41. The van der Waals surface area contributed by atoms with E-state index < -0.39 is 5.97 Å². The number of hydrogen-bond donors (Lipinski definition) is 2. The number of phenols is 1. The van der Waals surface area contributed by atoms with E-state index in [1.165, 1.54) is 11.8 Å². The van der Waals surface area contributed by atoms with Crippen molar-refractivity contribution in [1.29, 1.82) is 0 Å². The van der Waals surface area contributed by atoms with Gasteiger partial charge in [-0.15, -0.1) is 11.8 Å². The van der Waals surface area contributed by atoms with Crippen LogP contribution >= 0.6 is 11.8 Å². The lowest BCUT2D eigenvalue weighted by Crippen LogP contribution is -1.98. The van der Waals surface area contributed by atoms with Crippen LogP contribution in [0.2, 0.25) is 0 Å². The Hall–Kier alpha value is -1.16. The first-order valence-electron chi connectivity index (χ1n) is 4.59. The SMILES string of the molecule is Cc1cc(C)c(O)c(CSCC(=O)O)c1. The van der Waals surface area contributed by atoms with Crippen molar-refractivity contribution in [2.75, 3.05) is 5.75 Å². The summed E-state index contributed by atoms with van der Waals surface area (Å²) >= 11 is 1.29. The summed E-state index contributed by atoms with van der Waals surface area (Å²) in [6.45, 7) is 3.80. The highest BCUT2D eigenvalue weighted by atomic mass is 32.2. The molecule has 0 aromatic heterocycles. The van der Waals surface area contributed by atoms with E-state index in [4.69, 9.17) is 5.11 Å². The molecule has 1 rings (SSSR count). The van der Waals surface area contributed by atoms with Gasteiger partial charge in [-0.05, 0) is 19.4 Å². The number of carboxylic acid groups (broad SMARTS) is 1.